The number of ether oxygens (including phenoxy) is 1. The van der Waals surface area contributed by atoms with Gasteiger partial charge in [0.15, 0.2) is 0 Å². The Labute approximate surface area is 181 Å². The molecule has 0 aromatic heterocycles. The number of esters is 1. The van der Waals surface area contributed by atoms with Gasteiger partial charge in [-0.3, -0.25) is 9.59 Å². The summed E-state index contributed by atoms with van der Waals surface area (Å²) in [7, 11) is 0. The van der Waals surface area contributed by atoms with Gasteiger partial charge in [0.2, 0.25) is 6.29 Å². The Bertz CT molecular complexity index is 354. The van der Waals surface area contributed by atoms with Gasteiger partial charge < -0.3 is 4.74 Å². The molecule has 1 atom stereocenters. The van der Waals surface area contributed by atoms with Crippen LogP contribution in [0.5, 0.6) is 0 Å². The van der Waals surface area contributed by atoms with Crippen LogP contribution >= 0.6 is 0 Å². The molecule has 171 valence electrons. The van der Waals surface area contributed by atoms with Crippen molar-refractivity contribution in [3.8, 4) is 0 Å². The molecule has 0 heterocycles. The Balaban J connectivity index is 3.62. The normalized spacial score (nSPS) is 12.1. The Morgan fingerprint density at radius 2 is 1.07 bits per heavy atom. The zero-order valence-corrected chi connectivity index (χ0v) is 19.7. The molecular weight excluding hydrogens is 360 g/mol. The van der Waals surface area contributed by atoms with Crippen molar-refractivity contribution in [2.75, 3.05) is 0 Å². The van der Waals surface area contributed by atoms with Crippen molar-refractivity contribution in [2.24, 2.45) is 0 Å². The first-order chi connectivity index (χ1) is 14.2. The lowest BCUT2D eigenvalue weighted by atomic mass is 10.0. The molecular formula is C26H49O3. The molecule has 3 heteroatoms. The second-order valence-corrected chi connectivity index (χ2v) is 8.66. The third-order valence-electron chi connectivity index (χ3n) is 5.72. The maximum atomic E-state index is 12.0. The van der Waals surface area contributed by atoms with Gasteiger partial charge >= 0.3 is 5.97 Å². The van der Waals surface area contributed by atoms with Crippen molar-refractivity contribution in [2.45, 2.75) is 155 Å². The van der Waals surface area contributed by atoms with E-state index in [4.69, 9.17) is 4.74 Å². The van der Waals surface area contributed by atoms with Crippen molar-refractivity contribution in [1.29, 1.82) is 0 Å². The SMILES string of the molecule is CCCCCCCCCCCC(=O)O[C@@H](C[C]=O)CCCCCCCCCCC. The third-order valence-corrected chi connectivity index (χ3v) is 5.72. The highest BCUT2D eigenvalue weighted by molar-refractivity contribution is 5.69. The van der Waals surface area contributed by atoms with E-state index < -0.39 is 0 Å². The number of carbonyl (C=O) groups is 1. The van der Waals surface area contributed by atoms with Gasteiger partial charge in [-0.25, -0.2) is 0 Å². The van der Waals surface area contributed by atoms with E-state index in [1.54, 1.807) is 0 Å². The summed E-state index contributed by atoms with van der Waals surface area (Å²) in [6.45, 7) is 4.49. The van der Waals surface area contributed by atoms with Gasteiger partial charge in [-0.1, -0.05) is 117 Å². The third kappa shape index (κ3) is 21.7. The molecule has 0 aliphatic heterocycles. The molecule has 29 heavy (non-hydrogen) atoms. The van der Waals surface area contributed by atoms with Gasteiger partial charge in [-0.2, -0.15) is 0 Å². The van der Waals surface area contributed by atoms with Gasteiger partial charge in [0.1, 0.15) is 6.10 Å². The van der Waals surface area contributed by atoms with Crippen molar-refractivity contribution in [1.82, 2.24) is 0 Å². The second kappa shape index (κ2) is 23.4. The summed E-state index contributed by atoms with van der Waals surface area (Å²) in [5, 5.41) is 0. The Morgan fingerprint density at radius 3 is 1.52 bits per heavy atom. The van der Waals surface area contributed by atoms with E-state index in [1.165, 1.54) is 96.3 Å². The topological polar surface area (TPSA) is 43.4 Å². The molecule has 0 rings (SSSR count). The predicted octanol–water partition coefficient (Wildman–Crippen LogP) is 8.24. The summed E-state index contributed by atoms with van der Waals surface area (Å²) in [5.41, 5.74) is 0. The summed E-state index contributed by atoms with van der Waals surface area (Å²) in [4.78, 5) is 22.8. The quantitative estimate of drug-likeness (QED) is 0.126. The summed E-state index contributed by atoms with van der Waals surface area (Å²) >= 11 is 0. The Morgan fingerprint density at radius 1 is 0.655 bits per heavy atom. The molecule has 0 aromatic carbocycles. The summed E-state index contributed by atoms with van der Waals surface area (Å²) in [6.07, 6.45) is 25.8. The van der Waals surface area contributed by atoms with E-state index >= 15 is 0 Å². The zero-order chi connectivity index (χ0) is 21.4. The lowest BCUT2D eigenvalue weighted by molar-refractivity contribution is -0.149. The van der Waals surface area contributed by atoms with Gasteiger partial charge in [0.05, 0.1) is 6.42 Å². The Hall–Kier alpha value is -0.860. The van der Waals surface area contributed by atoms with E-state index in [0.29, 0.717) is 6.42 Å². The van der Waals surface area contributed by atoms with E-state index in [2.05, 4.69) is 13.8 Å². The van der Waals surface area contributed by atoms with E-state index in [1.807, 2.05) is 6.29 Å². The highest BCUT2D eigenvalue weighted by Gasteiger charge is 2.14. The van der Waals surface area contributed by atoms with Crippen molar-refractivity contribution >= 4 is 12.3 Å². The first kappa shape index (κ1) is 28.1. The van der Waals surface area contributed by atoms with Crippen molar-refractivity contribution in [3.05, 3.63) is 0 Å². The highest BCUT2D eigenvalue weighted by Crippen LogP contribution is 2.15. The first-order valence-electron chi connectivity index (χ1n) is 12.8. The number of hydrogen-bond acceptors (Lipinski definition) is 3. The molecule has 0 bridgehead atoms. The highest BCUT2D eigenvalue weighted by atomic mass is 16.5. The van der Waals surface area contributed by atoms with Gasteiger partial charge in [0, 0.05) is 6.42 Å². The fourth-order valence-corrected chi connectivity index (χ4v) is 3.80. The standard InChI is InChI=1S/C26H49O3/c1-3-5-7-9-11-13-15-17-19-21-25(23-24-27)29-26(28)22-20-18-16-14-12-10-8-6-4-2/h25H,3-23H2,1-2H3/t25-/m1/s1. The average Bonchev–Trinajstić information content (AvgIpc) is 2.71. The van der Waals surface area contributed by atoms with Crippen LogP contribution in [0, 0.1) is 0 Å². The molecule has 0 unspecified atom stereocenters. The van der Waals surface area contributed by atoms with Crippen LogP contribution in [-0.4, -0.2) is 18.4 Å². The van der Waals surface area contributed by atoms with E-state index in [-0.39, 0.29) is 18.5 Å². The van der Waals surface area contributed by atoms with Crippen molar-refractivity contribution in [3.63, 3.8) is 0 Å². The van der Waals surface area contributed by atoms with E-state index in [0.717, 1.165) is 25.7 Å². The Kier molecular flexibility index (Phi) is 22.7. The fourth-order valence-electron chi connectivity index (χ4n) is 3.80. The molecule has 0 saturated carbocycles. The molecule has 0 spiro atoms. The molecule has 1 radical (unpaired) electrons. The minimum Gasteiger partial charge on any atom is -0.462 e. The minimum atomic E-state index is -0.261. The maximum absolute atomic E-state index is 12.0. The molecule has 0 aliphatic carbocycles. The smallest absolute Gasteiger partial charge is 0.306 e. The van der Waals surface area contributed by atoms with Crippen LogP contribution in [0.4, 0.5) is 0 Å². The molecule has 0 aliphatic rings. The number of unbranched alkanes of at least 4 members (excludes halogenated alkanes) is 16. The van der Waals surface area contributed by atoms with Gasteiger partial charge in [-0.05, 0) is 19.3 Å². The molecule has 0 fully saturated rings. The lowest BCUT2D eigenvalue weighted by Crippen LogP contribution is -2.18. The van der Waals surface area contributed by atoms with Crippen LogP contribution in [0.3, 0.4) is 0 Å². The molecule has 3 nitrogen and oxygen atoms in total. The van der Waals surface area contributed by atoms with Crippen LogP contribution in [0.2, 0.25) is 0 Å². The average molecular weight is 410 g/mol. The van der Waals surface area contributed by atoms with Crippen LogP contribution < -0.4 is 0 Å². The maximum Gasteiger partial charge on any atom is 0.306 e. The summed E-state index contributed by atoms with van der Waals surface area (Å²) in [5.74, 6) is -0.135. The molecule has 0 N–H and O–H groups in total. The first-order valence-corrected chi connectivity index (χ1v) is 12.8. The molecule has 0 amide bonds. The fraction of sp³-hybridized carbons (Fsp3) is 0.923. The molecule has 0 saturated heterocycles. The van der Waals surface area contributed by atoms with Gasteiger partial charge in [-0.15, -0.1) is 0 Å². The summed E-state index contributed by atoms with van der Waals surface area (Å²) in [6, 6.07) is 0. The predicted molar refractivity (Wildman–Crippen MR) is 124 cm³/mol. The van der Waals surface area contributed by atoms with E-state index in [9.17, 15) is 9.59 Å². The minimum absolute atomic E-state index is 0.135. The zero-order valence-electron chi connectivity index (χ0n) is 19.7. The van der Waals surface area contributed by atoms with Crippen LogP contribution in [0.1, 0.15) is 149 Å². The summed E-state index contributed by atoms with van der Waals surface area (Å²) < 4.78 is 5.53. The van der Waals surface area contributed by atoms with Crippen molar-refractivity contribution < 1.29 is 14.3 Å². The number of hydrogen-bond donors (Lipinski definition) is 0. The van der Waals surface area contributed by atoms with Crippen LogP contribution in [-0.2, 0) is 14.3 Å². The number of carbonyl (C=O) groups excluding carboxylic acids is 2. The largest absolute Gasteiger partial charge is 0.462 e. The second-order valence-electron chi connectivity index (χ2n) is 8.66. The molecule has 0 aromatic rings. The van der Waals surface area contributed by atoms with Crippen LogP contribution in [0.15, 0.2) is 0 Å². The lowest BCUT2D eigenvalue weighted by Gasteiger charge is -2.15. The number of rotatable bonds is 23. The van der Waals surface area contributed by atoms with Crippen LogP contribution in [0.25, 0.3) is 0 Å². The van der Waals surface area contributed by atoms with Gasteiger partial charge in [0.25, 0.3) is 0 Å². The monoisotopic (exact) mass is 409 g/mol.